The molecule has 0 heterocycles. The summed E-state index contributed by atoms with van der Waals surface area (Å²) >= 11 is 6.22. The van der Waals surface area contributed by atoms with E-state index < -0.39 is 26.6 Å². The molecule has 112 valence electrons. The van der Waals surface area contributed by atoms with Crippen molar-refractivity contribution in [2.75, 3.05) is 0 Å². The minimum Gasteiger partial charge on any atom is -0.207 e. The molecule has 0 saturated carbocycles. The van der Waals surface area contributed by atoms with Gasteiger partial charge in [0, 0.05) is 21.1 Å². The van der Waals surface area contributed by atoms with E-state index in [0.29, 0.717) is 8.95 Å². The van der Waals surface area contributed by atoms with Gasteiger partial charge in [-0.15, -0.1) is 0 Å². The van der Waals surface area contributed by atoms with Gasteiger partial charge in [-0.25, -0.2) is 21.9 Å². The Bertz CT molecular complexity index is 782. The lowest BCUT2D eigenvalue weighted by Gasteiger charge is -2.09. The number of rotatable bonds is 4. The number of hydrogen-bond acceptors (Lipinski definition) is 2. The van der Waals surface area contributed by atoms with E-state index in [9.17, 15) is 17.2 Å². The molecule has 0 radical (unpaired) electrons. The standard InChI is InChI=1S/C13H9Br2F2NO2S/c14-9-1-3-11(16)8(5-9)7-18-21(19,20)13-4-2-10(15)6-12(13)17/h1-6,18H,7H2. The molecular weight excluding hydrogens is 432 g/mol. The molecule has 1 N–H and O–H groups in total. The number of nitrogens with one attached hydrogen (secondary N) is 1. The van der Waals surface area contributed by atoms with Crippen molar-refractivity contribution >= 4 is 41.9 Å². The zero-order chi connectivity index (χ0) is 15.6. The molecule has 2 aromatic carbocycles. The second-order valence-electron chi connectivity index (χ2n) is 4.14. The van der Waals surface area contributed by atoms with Gasteiger partial charge in [-0.2, -0.15) is 0 Å². The van der Waals surface area contributed by atoms with Gasteiger partial charge in [0.05, 0.1) is 0 Å². The Hall–Kier alpha value is -0.830. The van der Waals surface area contributed by atoms with Crippen LogP contribution in [0.25, 0.3) is 0 Å². The molecule has 2 aromatic rings. The number of sulfonamides is 1. The average molecular weight is 441 g/mol. The van der Waals surface area contributed by atoms with E-state index in [0.717, 1.165) is 12.1 Å². The molecular formula is C13H9Br2F2NO2S. The Morgan fingerprint density at radius 2 is 1.57 bits per heavy atom. The van der Waals surface area contributed by atoms with E-state index in [1.807, 2.05) is 0 Å². The largest absolute Gasteiger partial charge is 0.243 e. The van der Waals surface area contributed by atoms with E-state index in [4.69, 9.17) is 0 Å². The smallest absolute Gasteiger partial charge is 0.207 e. The quantitative estimate of drug-likeness (QED) is 0.781. The first-order valence-electron chi connectivity index (χ1n) is 5.68. The highest BCUT2D eigenvalue weighted by molar-refractivity contribution is 9.10. The fourth-order valence-electron chi connectivity index (χ4n) is 1.62. The zero-order valence-electron chi connectivity index (χ0n) is 10.4. The molecule has 0 aromatic heterocycles. The van der Waals surface area contributed by atoms with Crippen LogP contribution in [0.4, 0.5) is 8.78 Å². The molecule has 0 atom stereocenters. The first-order valence-corrected chi connectivity index (χ1v) is 8.75. The minimum atomic E-state index is -4.06. The van der Waals surface area contributed by atoms with E-state index in [1.165, 1.54) is 24.3 Å². The third kappa shape index (κ3) is 4.09. The summed E-state index contributed by atoms with van der Waals surface area (Å²) in [5.74, 6) is -1.43. The molecule has 0 saturated heterocycles. The molecule has 3 nitrogen and oxygen atoms in total. The lowest BCUT2D eigenvalue weighted by Crippen LogP contribution is -2.24. The van der Waals surface area contributed by atoms with Gasteiger partial charge in [0.15, 0.2) is 0 Å². The Kier molecular flexibility index (Phi) is 5.13. The molecule has 8 heteroatoms. The average Bonchev–Trinajstić information content (AvgIpc) is 2.39. The van der Waals surface area contributed by atoms with E-state index in [-0.39, 0.29) is 12.1 Å². The van der Waals surface area contributed by atoms with Crippen molar-refractivity contribution in [1.29, 1.82) is 0 Å². The Labute approximate surface area is 137 Å². The third-order valence-corrected chi connectivity index (χ3v) is 5.06. The minimum absolute atomic E-state index is 0.158. The van der Waals surface area contributed by atoms with Crippen molar-refractivity contribution in [2.24, 2.45) is 0 Å². The molecule has 0 unspecified atom stereocenters. The van der Waals surface area contributed by atoms with Gasteiger partial charge in [0.25, 0.3) is 0 Å². The maximum absolute atomic E-state index is 13.7. The van der Waals surface area contributed by atoms with E-state index >= 15 is 0 Å². The third-order valence-electron chi connectivity index (χ3n) is 2.64. The lowest BCUT2D eigenvalue weighted by atomic mass is 10.2. The van der Waals surface area contributed by atoms with Crippen molar-refractivity contribution in [3.63, 3.8) is 0 Å². The SMILES string of the molecule is O=S(=O)(NCc1cc(Br)ccc1F)c1ccc(Br)cc1F. The maximum atomic E-state index is 13.7. The first-order chi connectivity index (χ1) is 9.79. The molecule has 0 bridgehead atoms. The second-order valence-corrected chi connectivity index (χ2v) is 7.70. The van der Waals surface area contributed by atoms with Crippen molar-refractivity contribution in [2.45, 2.75) is 11.4 Å². The van der Waals surface area contributed by atoms with Crippen LogP contribution in [0.2, 0.25) is 0 Å². The highest BCUT2D eigenvalue weighted by Crippen LogP contribution is 2.20. The molecule has 21 heavy (non-hydrogen) atoms. The molecule has 0 aliphatic carbocycles. The van der Waals surface area contributed by atoms with Crippen molar-refractivity contribution in [3.05, 3.63) is 62.5 Å². The van der Waals surface area contributed by atoms with Crippen molar-refractivity contribution in [3.8, 4) is 0 Å². The van der Waals surface area contributed by atoms with Crippen LogP contribution in [0.15, 0.2) is 50.2 Å². The predicted molar refractivity (Wildman–Crippen MR) is 82.2 cm³/mol. The lowest BCUT2D eigenvalue weighted by molar-refractivity contribution is 0.553. The Morgan fingerprint density at radius 3 is 2.24 bits per heavy atom. The molecule has 0 aliphatic rings. The normalized spacial score (nSPS) is 11.6. The summed E-state index contributed by atoms with van der Waals surface area (Å²) in [7, 11) is -4.06. The predicted octanol–water partition coefficient (Wildman–Crippen LogP) is 3.97. The van der Waals surface area contributed by atoms with Gasteiger partial charge >= 0.3 is 0 Å². The van der Waals surface area contributed by atoms with Gasteiger partial charge in [0.2, 0.25) is 10.0 Å². The monoisotopic (exact) mass is 439 g/mol. The van der Waals surface area contributed by atoms with Crippen molar-refractivity contribution < 1.29 is 17.2 Å². The van der Waals surface area contributed by atoms with Gasteiger partial charge in [-0.1, -0.05) is 31.9 Å². The fraction of sp³-hybridized carbons (Fsp3) is 0.0769. The second kappa shape index (κ2) is 6.51. The van der Waals surface area contributed by atoms with Crippen LogP contribution in [-0.2, 0) is 16.6 Å². The summed E-state index contributed by atoms with van der Waals surface area (Å²) in [5, 5.41) is 0. The highest BCUT2D eigenvalue weighted by atomic mass is 79.9. The first kappa shape index (κ1) is 16.5. The summed E-state index contributed by atoms with van der Waals surface area (Å²) in [4.78, 5) is -0.485. The fourth-order valence-corrected chi connectivity index (χ4v) is 3.43. The summed E-state index contributed by atoms with van der Waals surface area (Å²) in [6, 6.07) is 7.77. The Morgan fingerprint density at radius 1 is 0.952 bits per heavy atom. The van der Waals surface area contributed by atoms with E-state index in [1.54, 1.807) is 0 Å². The molecule has 0 spiro atoms. The van der Waals surface area contributed by atoms with Crippen LogP contribution in [0, 0.1) is 11.6 Å². The molecule has 2 rings (SSSR count). The molecule has 0 aliphatic heterocycles. The summed E-state index contributed by atoms with van der Waals surface area (Å²) in [6.45, 7) is -0.275. The number of benzene rings is 2. The van der Waals surface area contributed by atoms with Crippen molar-refractivity contribution in [1.82, 2.24) is 4.72 Å². The summed E-state index contributed by atoms with van der Waals surface area (Å²) in [6.07, 6.45) is 0. The zero-order valence-corrected chi connectivity index (χ0v) is 14.4. The maximum Gasteiger partial charge on any atom is 0.243 e. The van der Waals surface area contributed by atoms with Crippen LogP contribution in [0.1, 0.15) is 5.56 Å². The Balaban J connectivity index is 2.24. The van der Waals surface area contributed by atoms with E-state index in [2.05, 4.69) is 36.6 Å². The van der Waals surface area contributed by atoms with Crippen LogP contribution in [0.3, 0.4) is 0 Å². The van der Waals surface area contributed by atoms with Crippen LogP contribution in [-0.4, -0.2) is 8.42 Å². The van der Waals surface area contributed by atoms with Gasteiger partial charge in [-0.3, -0.25) is 0 Å². The molecule has 0 amide bonds. The van der Waals surface area contributed by atoms with Gasteiger partial charge in [-0.05, 0) is 36.4 Å². The van der Waals surface area contributed by atoms with Gasteiger partial charge in [0.1, 0.15) is 16.5 Å². The van der Waals surface area contributed by atoms with Crippen LogP contribution < -0.4 is 4.72 Å². The topological polar surface area (TPSA) is 46.2 Å². The van der Waals surface area contributed by atoms with Gasteiger partial charge < -0.3 is 0 Å². The van der Waals surface area contributed by atoms with Crippen LogP contribution in [0.5, 0.6) is 0 Å². The number of halogens is 4. The highest BCUT2D eigenvalue weighted by Gasteiger charge is 2.19. The molecule has 0 fully saturated rings. The summed E-state index contributed by atoms with van der Waals surface area (Å²) < 4.78 is 54.5. The summed E-state index contributed by atoms with van der Waals surface area (Å²) in [5.41, 5.74) is 0.158. The number of hydrogen-bond donors (Lipinski definition) is 1. The van der Waals surface area contributed by atoms with Crippen LogP contribution >= 0.6 is 31.9 Å².